The predicted molar refractivity (Wildman–Crippen MR) is 123 cm³/mol. The SMILES string of the molecule is O=C(NCCc1c[nH]c2ccccc12)c1cnc(N2CCOCC2)nc1-c1ccncc1. The van der Waals surface area contributed by atoms with Gasteiger partial charge in [-0.3, -0.25) is 9.78 Å². The van der Waals surface area contributed by atoms with Crippen LogP contribution in [0.5, 0.6) is 0 Å². The van der Waals surface area contributed by atoms with Crippen LogP contribution in [0.2, 0.25) is 0 Å². The van der Waals surface area contributed by atoms with E-state index >= 15 is 0 Å². The third kappa shape index (κ3) is 4.17. The zero-order chi connectivity index (χ0) is 21.8. The van der Waals surface area contributed by atoms with Crippen molar-refractivity contribution in [2.75, 3.05) is 37.7 Å². The Bertz CT molecular complexity index is 1220. The summed E-state index contributed by atoms with van der Waals surface area (Å²) in [4.78, 5) is 31.7. The molecular weight excluding hydrogens is 404 g/mol. The van der Waals surface area contributed by atoms with Crippen LogP contribution in [0, 0.1) is 0 Å². The van der Waals surface area contributed by atoms with Crippen molar-refractivity contribution >= 4 is 22.8 Å². The molecule has 1 saturated heterocycles. The highest BCUT2D eigenvalue weighted by atomic mass is 16.5. The van der Waals surface area contributed by atoms with E-state index in [0.717, 1.165) is 30.6 Å². The maximum absolute atomic E-state index is 13.1. The molecule has 2 N–H and O–H groups in total. The van der Waals surface area contributed by atoms with Crippen LogP contribution in [0.3, 0.4) is 0 Å². The van der Waals surface area contributed by atoms with Gasteiger partial charge in [0.15, 0.2) is 0 Å². The monoisotopic (exact) mass is 428 g/mol. The second-order valence-corrected chi connectivity index (χ2v) is 7.63. The van der Waals surface area contributed by atoms with E-state index in [1.807, 2.05) is 36.5 Å². The molecule has 1 amide bonds. The number of fused-ring (bicyclic) bond motifs is 1. The van der Waals surface area contributed by atoms with Crippen molar-refractivity contribution in [2.24, 2.45) is 0 Å². The van der Waals surface area contributed by atoms with Crippen molar-refractivity contribution < 1.29 is 9.53 Å². The highest BCUT2D eigenvalue weighted by molar-refractivity contribution is 5.99. The lowest BCUT2D eigenvalue weighted by atomic mass is 10.1. The van der Waals surface area contributed by atoms with E-state index < -0.39 is 0 Å². The number of amides is 1. The van der Waals surface area contributed by atoms with Crippen molar-refractivity contribution in [3.8, 4) is 11.3 Å². The fraction of sp³-hybridized carbons (Fsp3) is 0.250. The summed E-state index contributed by atoms with van der Waals surface area (Å²) in [5.74, 6) is 0.417. The van der Waals surface area contributed by atoms with Gasteiger partial charge >= 0.3 is 0 Å². The fourth-order valence-corrected chi connectivity index (χ4v) is 3.93. The molecule has 8 nitrogen and oxygen atoms in total. The summed E-state index contributed by atoms with van der Waals surface area (Å²) in [6.07, 6.45) is 7.75. The Morgan fingerprint density at radius 2 is 1.94 bits per heavy atom. The van der Waals surface area contributed by atoms with Crippen molar-refractivity contribution in [1.29, 1.82) is 0 Å². The lowest BCUT2D eigenvalue weighted by Crippen LogP contribution is -2.37. The highest BCUT2D eigenvalue weighted by Gasteiger charge is 2.20. The number of aromatic nitrogens is 4. The van der Waals surface area contributed by atoms with E-state index in [2.05, 4.69) is 31.2 Å². The molecule has 1 aliphatic heterocycles. The fourth-order valence-electron chi connectivity index (χ4n) is 3.93. The molecule has 1 fully saturated rings. The van der Waals surface area contributed by atoms with Crippen LogP contribution >= 0.6 is 0 Å². The quantitative estimate of drug-likeness (QED) is 0.490. The second-order valence-electron chi connectivity index (χ2n) is 7.63. The highest BCUT2D eigenvalue weighted by Crippen LogP contribution is 2.24. The summed E-state index contributed by atoms with van der Waals surface area (Å²) >= 11 is 0. The molecule has 0 radical (unpaired) electrons. The number of benzene rings is 1. The van der Waals surface area contributed by atoms with Gasteiger partial charge in [-0.2, -0.15) is 0 Å². The molecule has 8 heteroatoms. The minimum Gasteiger partial charge on any atom is -0.378 e. The number of carbonyl (C=O) groups is 1. The van der Waals surface area contributed by atoms with Crippen molar-refractivity contribution in [1.82, 2.24) is 25.3 Å². The maximum atomic E-state index is 13.1. The van der Waals surface area contributed by atoms with Crippen molar-refractivity contribution in [3.05, 3.63) is 72.3 Å². The molecule has 3 aromatic heterocycles. The number of anilines is 1. The number of H-pyrrole nitrogens is 1. The smallest absolute Gasteiger partial charge is 0.255 e. The third-order valence-electron chi connectivity index (χ3n) is 5.62. The molecule has 32 heavy (non-hydrogen) atoms. The van der Waals surface area contributed by atoms with Gasteiger partial charge in [-0.05, 0) is 30.2 Å². The number of morpholine rings is 1. The van der Waals surface area contributed by atoms with Gasteiger partial charge in [-0.15, -0.1) is 0 Å². The van der Waals surface area contributed by atoms with Gasteiger partial charge in [-0.1, -0.05) is 18.2 Å². The topological polar surface area (TPSA) is 96.0 Å². The zero-order valence-corrected chi connectivity index (χ0v) is 17.6. The minimum absolute atomic E-state index is 0.190. The van der Waals surface area contributed by atoms with Crippen LogP contribution in [0.1, 0.15) is 15.9 Å². The number of nitrogens with zero attached hydrogens (tertiary/aromatic N) is 4. The van der Waals surface area contributed by atoms with Gasteiger partial charge in [-0.25, -0.2) is 9.97 Å². The summed E-state index contributed by atoms with van der Waals surface area (Å²) < 4.78 is 5.43. The number of ether oxygens (including phenoxy) is 1. The van der Waals surface area contributed by atoms with Gasteiger partial charge in [0.1, 0.15) is 0 Å². The van der Waals surface area contributed by atoms with E-state index in [-0.39, 0.29) is 5.91 Å². The van der Waals surface area contributed by atoms with Crippen molar-refractivity contribution in [3.63, 3.8) is 0 Å². The van der Waals surface area contributed by atoms with Gasteiger partial charge < -0.3 is 19.9 Å². The van der Waals surface area contributed by atoms with Crippen LogP contribution in [0.25, 0.3) is 22.2 Å². The summed E-state index contributed by atoms with van der Waals surface area (Å²) in [5, 5.41) is 4.21. The Hall–Kier alpha value is -3.78. The van der Waals surface area contributed by atoms with E-state index in [0.29, 0.717) is 37.0 Å². The molecule has 0 spiro atoms. The van der Waals surface area contributed by atoms with Crippen LogP contribution in [0.4, 0.5) is 5.95 Å². The van der Waals surface area contributed by atoms with Crippen LogP contribution in [0.15, 0.2) is 61.2 Å². The third-order valence-corrected chi connectivity index (χ3v) is 5.62. The van der Waals surface area contributed by atoms with Gasteiger partial charge in [0.2, 0.25) is 5.95 Å². The first-order chi connectivity index (χ1) is 15.8. The summed E-state index contributed by atoms with van der Waals surface area (Å²) in [6, 6.07) is 11.9. The number of pyridine rings is 1. The summed E-state index contributed by atoms with van der Waals surface area (Å²) in [7, 11) is 0. The van der Waals surface area contributed by atoms with Crippen molar-refractivity contribution in [2.45, 2.75) is 6.42 Å². The standard InChI is InChI=1S/C24H24N6O2/c31-23(26-10-7-18-15-27-21-4-2-1-3-19(18)21)20-16-28-24(30-11-13-32-14-12-30)29-22(20)17-5-8-25-9-6-17/h1-6,8-9,15-16,27H,7,10-14H2,(H,26,31). The second kappa shape index (κ2) is 9.15. The molecule has 0 unspecified atom stereocenters. The van der Waals surface area contributed by atoms with Gasteiger partial charge in [0.25, 0.3) is 5.91 Å². The number of carbonyl (C=O) groups excluding carboxylic acids is 1. The largest absolute Gasteiger partial charge is 0.378 e. The molecule has 162 valence electrons. The first kappa shape index (κ1) is 20.1. The van der Waals surface area contributed by atoms with E-state index in [1.54, 1.807) is 18.6 Å². The number of nitrogens with one attached hydrogen (secondary N) is 2. The minimum atomic E-state index is -0.190. The first-order valence-electron chi connectivity index (χ1n) is 10.7. The van der Waals surface area contributed by atoms with E-state index in [1.165, 1.54) is 10.9 Å². The molecule has 4 heterocycles. The molecule has 0 atom stereocenters. The lowest BCUT2D eigenvalue weighted by molar-refractivity contribution is 0.0954. The molecule has 0 bridgehead atoms. The number of hydrogen-bond acceptors (Lipinski definition) is 6. The lowest BCUT2D eigenvalue weighted by Gasteiger charge is -2.27. The first-order valence-corrected chi connectivity index (χ1v) is 10.7. The Morgan fingerprint density at radius 1 is 1.12 bits per heavy atom. The van der Waals surface area contributed by atoms with Crippen LogP contribution in [-0.2, 0) is 11.2 Å². The Balaban J connectivity index is 1.36. The normalized spacial score (nSPS) is 13.9. The van der Waals surface area contributed by atoms with Crippen LogP contribution < -0.4 is 10.2 Å². The van der Waals surface area contributed by atoms with Gasteiger partial charge in [0, 0.05) is 60.9 Å². The average Bonchev–Trinajstić information content (AvgIpc) is 3.28. The number of hydrogen-bond donors (Lipinski definition) is 2. The molecule has 4 aromatic rings. The van der Waals surface area contributed by atoms with Gasteiger partial charge in [0.05, 0.1) is 24.5 Å². The van der Waals surface area contributed by atoms with E-state index in [9.17, 15) is 4.79 Å². The molecular formula is C24H24N6O2. The molecule has 0 aliphatic carbocycles. The Kier molecular flexibility index (Phi) is 5.76. The summed E-state index contributed by atoms with van der Waals surface area (Å²) in [5.41, 5.74) is 4.16. The Labute approximate surface area is 185 Å². The number of aromatic amines is 1. The maximum Gasteiger partial charge on any atom is 0.255 e. The zero-order valence-electron chi connectivity index (χ0n) is 17.6. The van der Waals surface area contributed by atoms with E-state index in [4.69, 9.17) is 9.72 Å². The molecule has 1 aromatic carbocycles. The summed E-state index contributed by atoms with van der Waals surface area (Å²) in [6.45, 7) is 3.26. The Morgan fingerprint density at radius 3 is 2.78 bits per heavy atom. The number of para-hydroxylation sites is 1. The number of rotatable bonds is 6. The molecule has 5 rings (SSSR count). The molecule has 0 saturated carbocycles. The van der Waals surface area contributed by atoms with Crippen LogP contribution in [-0.4, -0.2) is 58.7 Å². The predicted octanol–water partition coefficient (Wildman–Crippen LogP) is 2.83. The average molecular weight is 428 g/mol. The molecule has 1 aliphatic rings.